The van der Waals surface area contributed by atoms with Crippen LogP contribution in [0, 0.1) is 5.92 Å². The Hall–Kier alpha value is -2.40. The van der Waals surface area contributed by atoms with Gasteiger partial charge in [-0.2, -0.15) is 5.10 Å². The van der Waals surface area contributed by atoms with Gasteiger partial charge in [0.15, 0.2) is 17.7 Å². The van der Waals surface area contributed by atoms with Crippen molar-refractivity contribution in [1.82, 2.24) is 5.01 Å². The number of para-hydroxylation sites is 1. The summed E-state index contributed by atoms with van der Waals surface area (Å²) in [5.74, 6) is 1.92. The van der Waals surface area contributed by atoms with Crippen molar-refractivity contribution in [2.24, 2.45) is 11.0 Å². The Morgan fingerprint density at radius 2 is 2.12 bits per heavy atom. The molecule has 0 fully saturated rings. The van der Waals surface area contributed by atoms with Crippen molar-refractivity contribution in [3.63, 3.8) is 0 Å². The smallest absolute Gasteiger partial charge is 0.190 e. The second-order valence-corrected chi connectivity index (χ2v) is 7.38. The Bertz CT molecular complexity index is 881. The highest BCUT2D eigenvalue weighted by atomic mass is 35.5. The number of phenols is 1. The molecule has 4 rings (SSSR count). The molecule has 136 valence electrons. The van der Waals surface area contributed by atoms with Gasteiger partial charge in [0.2, 0.25) is 0 Å². The fraction of sp³-hybridized carbons (Fsp3) is 0.350. The Morgan fingerprint density at radius 1 is 1.31 bits per heavy atom. The molecule has 0 aliphatic carbocycles. The van der Waals surface area contributed by atoms with Crippen molar-refractivity contribution in [1.29, 1.82) is 0 Å². The molecule has 2 atom stereocenters. The number of aromatic hydroxyl groups is 1. The highest BCUT2D eigenvalue weighted by molar-refractivity contribution is 6.31. The Morgan fingerprint density at radius 3 is 2.85 bits per heavy atom. The number of halogens is 1. The van der Waals surface area contributed by atoms with Gasteiger partial charge in [-0.3, -0.25) is 0 Å². The van der Waals surface area contributed by atoms with Crippen LogP contribution in [0.25, 0.3) is 0 Å². The van der Waals surface area contributed by atoms with Gasteiger partial charge in [0.1, 0.15) is 5.75 Å². The number of methoxy groups -OCH3 is 1. The summed E-state index contributed by atoms with van der Waals surface area (Å²) in [6, 6.07) is 11.0. The molecule has 26 heavy (non-hydrogen) atoms. The van der Waals surface area contributed by atoms with E-state index in [0.29, 0.717) is 17.0 Å². The summed E-state index contributed by atoms with van der Waals surface area (Å²) in [5, 5.41) is 17.7. The maximum absolute atomic E-state index is 10.3. The molecule has 0 aromatic heterocycles. The summed E-state index contributed by atoms with van der Waals surface area (Å²) in [6.07, 6.45) is 0.461. The molecule has 0 saturated carbocycles. The number of nitrogens with zero attached hydrogens (tertiary/aromatic N) is 2. The molecule has 1 N–H and O–H groups in total. The number of fused-ring (bicyclic) bond motifs is 3. The number of hydrogen-bond donors (Lipinski definition) is 1. The molecule has 0 bridgehead atoms. The van der Waals surface area contributed by atoms with Crippen molar-refractivity contribution >= 4 is 17.3 Å². The van der Waals surface area contributed by atoms with E-state index in [2.05, 4.69) is 13.8 Å². The Balaban J connectivity index is 1.80. The average Bonchev–Trinajstić information content (AvgIpc) is 3.07. The van der Waals surface area contributed by atoms with Crippen LogP contribution in [-0.4, -0.2) is 29.2 Å². The van der Waals surface area contributed by atoms with Gasteiger partial charge in [0.25, 0.3) is 0 Å². The van der Waals surface area contributed by atoms with E-state index in [1.807, 2.05) is 23.2 Å². The fourth-order valence-corrected chi connectivity index (χ4v) is 3.79. The van der Waals surface area contributed by atoms with Gasteiger partial charge in [0, 0.05) is 28.5 Å². The van der Waals surface area contributed by atoms with Crippen LogP contribution in [0.4, 0.5) is 0 Å². The molecular formula is C20H21ClN2O3. The maximum atomic E-state index is 10.3. The number of benzene rings is 2. The summed E-state index contributed by atoms with van der Waals surface area (Å²) in [6.45, 7) is 4.21. The lowest BCUT2D eigenvalue weighted by Crippen LogP contribution is -2.43. The monoisotopic (exact) mass is 372 g/mol. The first-order valence-electron chi connectivity index (χ1n) is 8.68. The van der Waals surface area contributed by atoms with Gasteiger partial charge in [-0.1, -0.05) is 37.6 Å². The van der Waals surface area contributed by atoms with Crippen LogP contribution in [0.15, 0.2) is 41.5 Å². The predicted molar refractivity (Wildman–Crippen MR) is 101 cm³/mol. The van der Waals surface area contributed by atoms with Gasteiger partial charge in [-0.05, 0) is 24.3 Å². The fourth-order valence-electron chi connectivity index (χ4n) is 3.61. The maximum Gasteiger partial charge on any atom is 0.190 e. The van der Waals surface area contributed by atoms with E-state index in [1.165, 1.54) is 0 Å². The van der Waals surface area contributed by atoms with Gasteiger partial charge in [-0.15, -0.1) is 0 Å². The van der Waals surface area contributed by atoms with Crippen molar-refractivity contribution < 1.29 is 14.6 Å². The summed E-state index contributed by atoms with van der Waals surface area (Å²) >= 11 is 6.13. The van der Waals surface area contributed by atoms with Crippen LogP contribution in [0.1, 0.15) is 37.4 Å². The van der Waals surface area contributed by atoms with Gasteiger partial charge in [0.05, 0.1) is 18.9 Å². The molecule has 2 aromatic rings. The summed E-state index contributed by atoms with van der Waals surface area (Å²) < 4.78 is 11.8. The molecule has 0 saturated heterocycles. The number of phenolic OH excluding ortho intramolecular Hbond substituents is 1. The topological polar surface area (TPSA) is 54.3 Å². The SMILES string of the molecule is COc1cccc2c1O[C@H](C(C)C)N1N=C(c3cc(Cl)ccc3O)C[C@@H]21. The average molecular weight is 373 g/mol. The lowest BCUT2D eigenvalue weighted by molar-refractivity contribution is -0.0476. The van der Waals surface area contributed by atoms with E-state index in [0.717, 1.165) is 22.8 Å². The minimum atomic E-state index is -0.206. The van der Waals surface area contributed by atoms with Gasteiger partial charge >= 0.3 is 0 Å². The zero-order valence-corrected chi connectivity index (χ0v) is 15.7. The third-order valence-corrected chi connectivity index (χ3v) is 5.10. The molecule has 0 unspecified atom stereocenters. The molecule has 2 aromatic carbocycles. The predicted octanol–water partition coefficient (Wildman–Crippen LogP) is 4.58. The molecule has 0 amide bonds. The summed E-state index contributed by atoms with van der Waals surface area (Å²) in [4.78, 5) is 0. The van der Waals surface area contributed by atoms with E-state index in [9.17, 15) is 5.11 Å². The second kappa shape index (κ2) is 6.40. The molecule has 0 spiro atoms. The van der Waals surface area contributed by atoms with Crippen LogP contribution in [-0.2, 0) is 0 Å². The largest absolute Gasteiger partial charge is 0.507 e. The Kier molecular flexibility index (Phi) is 4.19. The van der Waals surface area contributed by atoms with E-state index >= 15 is 0 Å². The van der Waals surface area contributed by atoms with Crippen molar-refractivity contribution in [3.8, 4) is 17.2 Å². The molecule has 2 heterocycles. The highest BCUT2D eigenvalue weighted by Gasteiger charge is 2.42. The zero-order chi connectivity index (χ0) is 18.4. The van der Waals surface area contributed by atoms with Crippen molar-refractivity contribution in [2.45, 2.75) is 32.5 Å². The second-order valence-electron chi connectivity index (χ2n) is 6.94. The minimum absolute atomic E-state index is 0.0367. The first-order chi connectivity index (χ1) is 12.5. The summed E-state index contributed by atoms with van der Waals surface area (Å²) in [7, 11) is 1.65. The first kappa shape index (κ1) is 17.0. The molecule has 5 nitrogen and oxygen atoms in total. The first-order valence-corrected chi connectivity index (χ1v) is 9.05. The molecule has 0 radical (unpaired) electrons. The standard InChI is InChI=1S/C20H21ClN2O3/c1-11(2)20-23-16(13-5-4-6-18(25-3)19(13)26-20)10-15(22-23)14-9-12(21)7-8-17(14)24/h4-9,11,16,20,24H,10H2,1-3H3/t16-,20+/m0/s1. The number of hydrazone groups is 1. The van der Waals surface area contributed by atoms with E-state index < -0.39 is 0 Å². The number of ether oxygens (including phenoxy) is 2. The van der Waals surface area contributed by atoms with Crippen molar-refractivity contribution in [3.05, 3.63) is 52.5 Å². The van der Waals surface area contributed by atoms with Crippen LogP contribution in [0.3, 0.4) is 0 Å². The van der Waals surface area contributed by atoms with Gasteiger partial charge in [-0.25, -0.2) is 5.01 Å². The summed E-state index contributed by atoms with van der Waals surface area (Å²) in [5.41, 5.74) is 2.51. The van der Waals surface area contributed by atoms with Crippen LogP contribution in [0.2, 0.25) is 5.02 Å². The van der Waals surface area contributed by atoms with Crippen LogP contribution < -0.4 is 9.47 Å². The van der Waals surface area contributed by atoms with E-state index in [4.69, 9.17) is 26.2 Å². The lowest BCUT2D eigenvalue weighted by atomic mass is 9.95. The molecular weight excluding hydrogens is 352 g/mol. The van der Waals surface area contributed by atoms with Gasteiger partial charge < -0.3 is 14.6 Å². The highest BCUT2D eigenvalue weighted by Crippen LogP contribution is 2.48. The van der Waals surface area contributed by atoms with Crippen LogP contribution in [0.5, 0.6) is 17.2 Å². The molecule has 2 aliphatic heterocycles. The zero-order valence-electron chi connectivity index (χ0n) is 14.9. The third kappa shape index (κ3) is 2.67. The lowest BCUT2D eigenvalue weighted by Gasteiger charge is -2.40. The third-order valence-electron chi connectivity index (χ3n) is 4.87. The minimum Gasteiger partial charge on any atom is -0.507 e. The normalized spacial score (nSPS) is 21.1. The van der Waals surface area contributed by atoms with E-state index in [1.54, 1.807) is 25.3 Å². The van der Waals surface area contributed by atoms with E-state index in [-0.39, 0.29) is 23.9 Å². The number of rotatable bonds is 3. The molecule has 6 heteroatoms. The van der Waals surface area contributed by atoms with Crippen LogP contribution >= 0.6 is 11.6 Å². The quantitative estimate of drug-likeness (QED) is 0.856. The molecule has 2 aliphatic rings. The number of hydrogen-bond acceptors (Lipinski definition) is 5. The van der Waals surface area contributed by atoms with Crippen molar-refractivity contribution in [2.75, 3.05) is 7.11 Å². The Labute approximate surface area is 157 Å².